The molecule has 0 heterocycles. The smallest absolute Gasteiger partial charge is 0.204 e. The summed E-state index contributed by atoms with van der Waals surface area (Å²) in [6, 6.07) is 3.20. The zero-order valence-electron chi connectivity index (χ0n) is 7.38. The Morgan fingerprint density at radius 1 is 1.06 bits per heavy atom. The van der Waals surface area contributed by atoms with Gasteiger partial charge in [-0.25, -0.2) is 0 Å². The van der Waals surface area contributed by atoms with Crippen LogP contribution >= 0.6 is 47.8 Å². The number of nitrogens with zero attached hydrogens (tertiary/aromatic N) is 2. The van der Waals surface area contributed by atoms with E-state index in [2.05, 4.69) is 47.8 Å². The molecule has 0 amide bonds. The van der Waals surface area contributed by atoms with Crippen LogP contribution in [0, 0.1) is 22.7 Å². The fourth-order valence-electron chi connectivity index (χ4n) is 0.988. The van der Waals surface area contributed by atoms with Crippen molar-refractivity contribution in [1.29, 1.82) is 10.5 Å². The van der Waals surface area contributed by atoms with Gasteiger partial charge in [0, 0.05) is 0 Å². The maximum Gasteiger partial charge on any atom is 0.204 e. The number of allylic oxidation sites excluding steroid dienone is 5. The Hall–Kier alpha value is -0.890. The van der Waals surface area contributed by atoms with E-state index in [-0.39, 0.29) is 30.4 Å². The SMILES string of the molecule is N#CC(C#N)=C1C(=O)C(Br)=C(Br)C(O)=C1Br. The van der Waals surface area contributed by atoms with Crippen LogP contribution < -0.4 is 0 Å². The monoisotopic (exact) mass is 406 g/mol. The lowest BCUT2D eigenvalue weighted by Gasteiger charge is -2.14. The molecule has 0 aliphatic heterocycles. The van der Waals surface area contributed by atoms with Crippen molar-refractivity contribution in [2.24, 2.45) is 0 Å². The second-order valence-electron chi connectivity index (χ2n) is 2.59. The second kappa shape index (κ2) is 4.96. The number of carbonyl (C=O) groups excluding carboxylic acids is 1. The third-order valence-electron chi connectivity index (χ3n) is 1.73. The molecule has 0 aromatic carbocycles. The number of rotatable bonds is 0. The number of halogens is 3. The lowest BCUT2D eigenvalue weighted by molar-refractivity contribution is -0.111. The van der Waals surface area contributed by atoms with Crippen molar-refractivity contribution in [3.8, 4) is 12.1 Å². The molecule has 0 radical (unpaired) electrons. The van der Waals surface area contributed by atoms with Crippen LogP contribution in [-0.4, -0.2) is 10.9 Å². The predicted molar refractivity (Wildman–Crippen MR) is 66.7 cm³/mol. The van der Waals surface area contributed by atoms with Crippen LogP contribution in [0.25, 0.3) is 0 Å². The van der Waals surface area contributed by atoms with Gasteiger partial charge < -0.3 is 5.11 Å². The third-order valence-corrected chi connectivity index (χ3v) is 4.56. The van der Waals surface area contributed by atoms with Gasteiger partial charge in [0.2, 0.25) is 5.78 Å². The molecule has 80 valence electrons. The minimum absolute atomic E-state index is 0.0191. The highest BCUT2D eigenvalue weighted by molar-refractivity contribution is 9.14. The largest absolute Gasteiger partial charge is 0.506 e. The van der Waals surface area contributed by atoms with E-state index in [9.17, 15) is 9.90 Å². The maximum absolute atomic E-state index is 11.8. The van der Waals surface area contributed by atoms with Gasteiger partial charge in [0.05, 0.1) is 19.0 Å². The van der Waals surface area contributed by atoms with Crippen molar-refractivity contribution in [2.75, 3.05) is 0 Å². The van der Waals surface area contributed by atoms with Crippen molar-refractivity contribution < 1.29 is 9.90 Å². The van der Waals surface area contributed by atoms with E-state index in [1.165, 1.54) is 0 Å². The molecule has 0 atom stereocenters. The third kappa shape index (κ3) is 1.99. The average molecular weight is 409 g/mol. The second-order valence-corrected chi connectivity index (χ2v) is 4.97. The molecule has 1 aliphatic carbocycles. The minimum atomic E-state index is -0.547. The van der Waals surface area contributed by atoms with Crippen LogP contribution in [0.3, 0.4) is 0 Å². The topological polar surface area (TPSA) is 84.9 Å². The first-order chi connectivity index (χ1) is 7.45. The van der Waals surface area contributed by atoms with Gasteiger partial charge in [-0.1, -0.05) is 0 Å². The van der Waals surface area contributed by atoms with Crippen LogP contribution in [0.5, 0.6) is 0 Å². The van der Waals surface area contributed by atoms with Crippen molar-refractivity contribution in [1.82, 2.24) is 0 Å². The number of nitriles is 2. The van der Waals surface area contributed by atoms with Crippen molar-refractivity contribution in [3.05, 3.63) is 30.4 Å². The molecular weight excluding hydrogens is 408 g/mol. The lowest BCUT2D eigenvalue weighted by atomic mass is 10.0. The van der Waals surface area contributed by atoms with Crippen LogP contribution in [0.2, 0.25) is 0 Å². The summed E-state index contributed by atoms with van der Waals surface area (Å²) >= 11 is 8.95. The molecule has 0 saturated carbocycles. The van der Waals surface area contributed by atoms with Crippen LogP contribution in [-0.2, 0) is 4.79 Å². The number of Topliss-reactive ketones (excluding diaryl/α,β-unsaturated/α-hetero) is 1. The fraction of sp³-hybridized carbons (Fsp3) is 0. The van der Waals surface area contributed by atoms with Crippen molar-refractivity contribution >= 4 is 53.6 Å². The number of aliphatic hydroxyl groups is 1. The highest BCUT2D eigenvalue weighted by Crippen LogP contribution is 2.40. The highest BCUT2D eigenvalue weighted by atomic mass is 79.9. The summed E-state index contributed by atoms with van der Waals surface area (Å²) < 4.78 is 0.250. The van der Waals surface area contributed by atoms with E-state index in [0.29, 0.717) is 0 Å². The van der Waals surface area contributed by atoms with Gasteiger partial charge in [-0.05, 0) is 47.8 Å². The molecule has 0 saturated heterocycles. The number of carbonyl (C=O) groups is 1. The molecule has 0 unspecified atom stereocenters. The van der Waals surface area contributed by atoms with Crippen molar-refractivity contribution in [3.63, 3.8) is 0 Å². The van der Waals surface area contributed by atoms with Crippen molar-refractivity contribution in [2.45, 2.75) is 0 Å². The Kier molecular flexibility index (Phi) is 4.09. The number of hydrogen-bond donors (Lipinski definition) is 1. The number of aliphatic hydroxyl groups excluding tert-OH is 1. The Morgan fingerprint density at radius 2 is 1.56 bits per heavy atom. The summed E-state index contributed by atoms with van der Waals surface area (Å²) in [5, 5.41) is 27.0. The fourth-order valence-corrected chi connectivity index (χ4v) is 2.59. The average Bonchev–Trinajstić information content (AvgIpc) is 2.29. The maximum atomic E-state index is 11.8. The van der Waals surface area contributed by atoms with E-state index in [0.717, 1.165) is 0 Å². The first-order valence-electron chi connectivity index (χ1n) is 3.69. The number of ketones is 1. The molecule has 1 aliphatic rings. The Balaban J connectivity index is 3.65. The van der Waals surface area contributed by atoms with Gasteiger partial charge in [0.25, 0.3) is 0 Å². The van der Waals surface area contributed by atoms with E-state index in [4.69, 9.17) is 10.5 Å². The highest BCUT2D eigenvalue weighted by Gasteiger charge is 2.31. The Bertz CT molecular complexity index is 542. The zero-order chi connectivity index (χ0) is 12.5. The van der Waals surface area contributed by atoms with Crippen LogP contribution in [0.4, 0.5) is 0 Å². The Labute approximate surface area is 116 Å². The van der Waals surface area contributed by atoms with Gasteiger partial charge in [-0.2, -0.15) is 10.5 Å². The predicted octanol–water partition coefficient (Wildman–Crippen LogP) is 3.08. The van der Waals surface area contributed by atoms with E-state index in [1.54, 1.807) is 12.1 Å². The molecule has 0 aromatic heterocycles. The van der Waals surface area contributed by atoms with E-state index in [1.807, 2.05) is 0 Å². The first kappa shape index (κ1) is 13.2. The van der Waals surface area contributed by atoms with E-state index >= 15 is 0 Å². The summed E-state index contributed by atoms with van der Waals surface area (Å²) in [4.78, 5) is 11.8. The van der Waals surface area contributed by atoms with E-state index < -0.39 is 5.78 Å². The van der Waals surface area contributed by atoms with Gasteiger partial charge in [-0.3, -0.25) is 4.79 Å². The van der Waals surface area contributed by atoms with Crippen LogP contribution in [0.15, 0.2) is 30.4 Å². The van der Waals surface area contributed by atoms with Crippen LogP contribution in [0.1, 0.15) is 0 Å². The van der Waals surface area contributed by atoms with Gasteiger partial charge in [0.1, 0.15) is 23.5 Å². The molecule has 0 bridgehead atoms. The normalized spacial score (nSPS) is 16.1. The molecule has 0 fully saturated rings. The molecule has 0 spiro atoms. The molecule has 1 N–H and O–H groups in total. The van der Waals surface area contributed by atoms with Gasteiger partial charge in [0.15, 0.2) is 0 Å². The molecule has 1 rings (SSSR count). The minimum Gasteiger partial charge on any atom is -0.506 e. The first-order valence-corrected chi connectivity index (χ1v) is 6.07. The molecule has 0 aromatic rings. The summed E-state index contributed by atoms with van der Waals surface area (Å²) in [6.07, 6.45) is 0. The summed E-state index contributed by atoms with van der Waals surface area (Å²) in [6.45, 7) is 0. The molecule has 16 heavy (non-hydrogen) atoms. The molecule has 7 heteroatoms. The standard InChI is InChI=1S/C9HBr3N2O2/c10-5-4(3(1-13)2-14)8(15)6(11)7(12)9(5)16/h16H. The van der Waals surface area contributed by atoms with Gasteiger partial charge >= 0.3 is 0 Å². The number of hydrogen-bond acceptors (Lipinski definition) is 4. The summed E-state index contributed by atoms with van der Waals surface area (Å²) in [7, 11) is 0. The molecule has 4 nitrogen and oxygen atoms in total. The summed E-state index contributed by atoms with van der Waals surface area (Å²) in [5.41, 5.74) is -0.516. The molecular formula is C9HBr3N2O2. The quantitative estimate of drug-likeness (QED) is 0.493. The Morgan fingerprint density at radius 3 is 2.00 bits per heavy atom. The van der Waals surface area contributed by atoms with Gasteiger partial charge in [-0.15, -0.1) is 0 Å². The summed E-state index contributed by atoms with van der Waals surface area (Å²) in [5.74, 6) is -0.792. The lowest BCUT2D eigenvalue weighted by Crippen LogP contribution is -2.13. The zero-order valence-corrected chi connectivity index (χ0v) is 12.1.